The first kappa shape index (κ1) is 11.1. The highest BCUT2D eigenvalue weighted by atomic mass is 32.2. The molecule has 5 atom stereocenters. The third-order valence-corrected chi connectivity index (χ3v) is 6.96. The number of anilines is 1. The average Bonchev–Trinajstić information content (AvgIpc) is 3.09. The zero-order valence-electron chi connectivity index (χ0n) is 11.0. The van der Waals surface area contributed by atoms with E-state index < -0.39 is 10.8 Å². The average molecular weight is 281 g/mol. The summed E-state index contributed by atoms with van der Waals surface area (Å²) in [5.74, 6) is 1.05. The van der Waals surface area contributed by atoms with Crippen LogP contribution in [0.4, 0.5) is 5.69 Å². The van der Waals surface area contributed by atoms with Crippen LogP contribution >= 0.6 is 0 Å². The Hall–Kier alpha value is -1.61. The van der Waals surface area contributed by atoms with Crippen molar-refractivity contribution in [1.82, 2.24) is 0 Å². The van der Waals surface area contributed by atoms with Gasteiger partial charge in [0.25, 0.3) is 0 Å². The third kappa shape index (κ3) is 1.27. The minimum atomic E-state index is -0.890. The molecule has 1 unspecified atom stereocenters. The van der Waals surface area contributed by atoms with E-state index in [0.29, 0.717) is 17.9 Å². The van der Waals surface area contributed by atoms with E-state index in [-0.39, 0.29) is 5.25 Å². The van der Waals surface area contributed by atoms with Crippen molar-refractivity contribution in [2.24, 2.45) is 11.8 Å². The molecule has 3 aliphatic rings. The Labute approximate surface area is 120 Å². The quantitative estimate of drug-likeness (QED) is 0.751. The van der Waals surface area contributed by atoms with E-state index in [1.54, 1.807) is 0 Å². The molecule has 0 radical (unpaired) electrons. The van der Waals surface area contributed by atoms with Crippen LogP contribution < -0.4 is 5.32 Å². The van der Waals surface area contributed by atoms with Crippen molar-refractivity contribution in [3.05, 3.63) is 48.6 Å². The fraction of sp³-hybridized carbons (Fsp3) is 0.294. The molecule has 2 aromatic carbocycles. The van der Waals surface area contributed by atoms with Crippen molar-refractivity contribution in [1.29, 1.82) is 0 Å². The maximum Gasteiger partial charge on any atom is 0.0665 e. The van der Waals surface area contributed by atoms with Gasteiger partial charge in [-0.1, -0.05) is 42.5 Å². The van der Waals surface area contributed by atoms with Gasteiger partial charge in [-0.3, -0.25) is 4.21 Å². The highest BCUT2D eigenvalue weighted by Crippen LogP contribution is 2.49. The summed E-state index contributed by atoms with van der Waals surface area (Å²) in [6.07, 6.45) is 5.75. The fourth-order valence-corrected chi connectivity index (χ4v) is 6.06. The Morgan fingerprint density at radius 1 is 1.05 bits per heavy atom. The lowest BCUT2D eigenvalue weighted by atomic mass is 9.99. The molecular weight excluding hydrogens is 266 g/mol. The summed E-state index contributed by atoms with van der Waals surface area (Å²) in [7, 11) is -0.890. The van der Waals surface area contributed by atoms with Gasteiger partial charge in [-0.15, -0.1) is 0 Å². The molecular formula is C17H15NOS. The Morgan fingerprint density at radius 3 is 2.85 bits per heavy atom. The second kappa shape index (κ2) is 3.73. The number of hydrogen-bond donors (Lipinski definition) is 1. The highest BCUT2D eigenvalue weighted by molar-refractivity contribution is 7.86. The predicted molar refractivity (Wildman–Crippen MR) is 82.3 cm³/mol. The van der Waals surface area contributed by atoms with E-state index >= 15 is 0 Å². The molecule has 1 heterocycles. The summed E-state index contributed by atoms with van der Waals surface area (Å²) in [5.41, 5.74) is 1.10. The number of rotatable bonds is 0. The monoisotopic (exact) mass is 281 g/mol. The predicted octanol–water partition coefficient (Wildman–Crippen LogP) is 3.32. The van der Waals surface area contributed by atoms with Crippen LogP contribution in [-0.4, -0.2) is 15.5 Å². The largest absolute Gasteiger partial charge is 0.379 e. The molecule has 2 nitrogen and oxygen atoms in total. The minimum Gasteiger partial charge on any atom is -0.379 e. The summed E-state index contributed by atoms with van der Waals surface area (Å²) < 4.78 is 13.0. The Kier molecular flexibility index (Phi) is 2.07. The minimum absolute atomic E-state index is 0.263. The molecule has 0 saturated heterocycles. The third-order valence-electron chi connectivity index (χ3n) is 5.05. The summed E-state index contributed by atoms with van der Waals surface area (Å²) >= 11 is 0. The highest BCUT2D eigenvalue weighted by Gasteiger charge is 2.50. The van der Waals surface area contributed by atoms with Crippen molar-refractivity contribution >= 4 is 27.3 Å². The van der Waals surface area contributed by atoms with Gasteiger partial charge in [0.2, 0.25) is 0 Å². The topological polar surface area (TPSA) is 29.1 Å². The van der Waals surface area contributed by atoms with Crippen molar-refractivity contribution < 1.29 is 4.21 Å². The first-order chi connectivity index (χ1) is 9.83. The van der Waals surface area contributed by atoms with E-state index in [9.17, 15) is 4.21 Å². The van der Waals surface area contributed by atoms with Gasteiger partial charge in [0, 0.05) is 11.4 Å². The lowest BCUT2D eigenvalue weighted by Gasteiger charge is -2.35. The number of allylic oxidation sites excluding steroid dienone is 1. The van der Waals surface area contributed by atoms with Gasteiger partial charge < -0.3 is 5.32 Å². The zero-order valence-corrected chi connectivity index (χ0v) is 11.8. The normalized spacial score (nSPS) is 36.7. The summed E-state index contributed by atoms with van der Waals surface area (Å²) in [6.45, 7) is 0. The van der Waals surface area contributed by atoms with Crippen LogP contribution in [0.1, 0.15) is 6.42 Å². The first-order valence-corrected chi connectivity index (χ1v) is 8.41. The van der Waals surface area contributed by atoms with Crippen LogP contribution in [0.25, 0.3) is 10.8 Å². The molecule has 2 aliphatic carbocycles. The molecule has 0 aromatic heterocycles. The number of nitrogens with one attached hydrogen (secondary N) is 1. The fourth-order valence-electron chi connectivity index (χ4n) is 4.14. The van der Waals surface area contributed by atoms with Gasteiger partial charge in [0.1, 0.15) is 0 Å². The number of benzene rings is 2. The van der Waals surface area contributed by atoms with E-state index in [0.717, 1.165) is 10.6 Å². The zero-order chi connectivity index (χ0) is 13.3. The molecule has 0 spiro atoms. The van der Waals surface area contributed by atoms with Crippen molar-refractivity contribution in [3.8, 4) is 0 Å². The molecule has 100 valence electrons. The van der Waals surface area contributed by atoms with E-state index in [2.05, 4.69) is 47.8 Å². The van der Waals surface area contributed by atoms with Crippen molar-refractivity contribution in [3.63, 3.8) is 0 Å². The number of hydrogen-bond acceptors (Lipinski definition) is 2. The lowest BCUT2D eigenvalue weighted by Crippen LogP contribution is -2.43. The second-order valence-electron chi connectivity index (χ2n) is 6.04. The van der Waals surface area contributed by atoms with Crippen LogP contribution in [0.5, 0.6) is 0 Å². The molecule has 2 aromatic rings. The lowest BCUT2D eigenvalue weighted by molar-refractivity contribution is 0.592. The van der Waals surface area contributed by atoms with E-state index in [4.69, 9.17) is 0 Å². The standard InChI is InChI=1S/C17H15NOS/c19-20-14-8-7-10-3-1-2-4-13(10)16(14)18-15-11-5-6-12(9-11)17(15)20/h1-8,11-12,15,17-18H,9H2/t11-,12+,15+,17+,20?/m0/s1. The van der Waals surface area contributed by atoms with Crippen molar-refractivity contribution in [2.45, 2.75) is 22.6 Å². The van der Waals surface area contributed by atoms with Gasteiger partial charge in [-0.05, 0) is 29.7 Å². The smallest absolute Gasteiger partial charge is 0.0665 e. The number of fused-ring (bicyclic) bond motifs is 8. The molecule has 1 saturated carbocycles. The van der Waals surface area contributed by atoms with Crippen LogP contribution in [0, 0.1) is 11.8 Å². The van der Waals surface area contributed by atoms with Crippen LogP contribution in [0.15, 0.2) is 53.4 Å². The van der Waals surface area contributed by atoms with Crippen LogP contribution in [0.3, 0.4) is 0 Å². The van der Waals surface area contributed by atoms with Gasteiger partial charge in [-0.25, -0.2) is 0 Å². The SMILES string of the molecule is O=S1c2ccc3ccccc3c2N[C@H]2[C@H]1[C@@H]1C=C[C@H]2C1. The van der Waals surface area contributed by atoms with Crippen molar-refractivity contribution in [2.75, 3.05) is 5.32 Å². The molecule has 5 rings (SSSR count). The summed E-state index contributed by atoms with van der Waals surface area (Å²) in [6, 6.07) is 12.8. The van der Waals surface area contributed by atoms with Crippen LogP contribution in [0.2, 0.25) is 0 Å². The van der Waals surface area contributed by atoms with Gasteiger partial charge in [0.15, 0.2) is 0 Å². The summed E-state index contributed by atoms with van der Waals surface area (Å²) in [4.78, 5) is 0.992. The Bertz CT molecular complexity index is 782. The van der Waals surface area contributed by atoms with Gasteiger partial charge in [0.05, 0.1) is 26.6 Å². The Balaban J connectivity index is 1.76. The molecule has 1 aliphatic heterocycles. The molecule has 2 bridgehead atoms. The van der Waals surface area contributed by atoms with E-state index in [1.165, 1.54) is 17.2 Å². The Morgan fingerprint density at radius 2 is 1.90 bits per heavy atom. The molecule has 3 heteroatoms. The molecule has 1 N–H and O–H groups in total. The summed E-state index contributed by atoms with van der Waals surface area (Å²) in [5, 5.41) is 6.40. The second-order valence-corrected chi connectivity index (χ2v) is 7.62. The maximum absolute atomic E-state index is 13.0. The van der Waals surface area contributed by atoms with Crippen LogP contribution in [-0.2, 0) is 10.8 Å². The van der Waals surface area contributed by atoms with E-state index in [1.807, 2.05) is 6.07 Å². The maximum atomic E-state index is 13.0. The first-order valence-electron chi connectivity index (χ1n) is 7.20. The molecule has 0 amide bonds. The van der Waals surface area contributed by atoms with Gasteiger partial charge >= 0.3 is 0 Å². The molecule has 1 fully saturated rings. The molecule has 20 heavy (non-hydrogen) atoms. The van der Waals surface area contributed by atoms with Gasteiger partial charge in [-0.2, -0.15) is 0 Å².